The van der Waals surface area contributed by atoms with Gasteiger partial charge in [-0.1, -0.05) is 31.9 Å². The zero-order valence-corrected chi connectivity index (χ0v) is 13.4. The normalized spacial score (nSPS) is 21.4. The highest BCUT2D eigenvalue weighted by atomic mass is 79.9. The predicted octanol–water partition coefficient (Wildman–Crippen LogP) is 2.99. The summed E-state index contributed by atoms with van der Waals surface area (Å²) in [6.45, 7) is 0.900. The summed E-state index contributed by atoms with van der Waals surface area (Å²) in [7, 11) is -3.71. The van der Waals surface area contributed by atoms with Crippen molar-refractivity contribution in [1.29, 1.82) is 0 Å². The van der Waals surface area contributed by atoms with E-state index in [4.69, 9.17) is 0 Å². The number of alkyl halides is 1. The molecule has 1 heterocycles. The molecule has 1 unspecified atom stereocenters. The van der Waals surface area contributed by atoms with Crippen LogP contribution >= 0.6 is 31.9 Å². The van der Waals surface area contributed by atoms with Gasteiger partial charge in [0, 0.05) is 22.9 Å². The van der Waals surface area contributed by atoms with Gasteiger partial charge in [0.25, 0.3) is 0 Å². The van der Waals surface area contributed by atoms with Crippen LogP contribution in [0.15, 0.2) is 27.6 Å². The van der Waals surface area contributed by atoms with Crippen molar-refractivity contribution in [3.8, 4) is 0 Å². The minimum atomic E-state index is -3.71. The Morgan fingerprint density at radius 3 is 2.72 bits per heavy atom. The summed E-state index contributed by atoms with van der Waals surface area (Å²) >= 11 is 6.46. The number of rotatable bonds is 3. The molecule has 0 aliphatic carbocycles. The smallest absolute Gasteiger partial charge is 0.207 e. The first-order valence-electron chi connectivity index (χ1n) is 5.46. The molecule has 1 fully saturated rings. The number of hydrogen-bond donors (Lipinski definition) is 0. The monoisotopic (exact) mass is 399 g/mol. The molecule has 18 heavy (non-hydrogen) atoms. The second-order valence-electron chi connectivity index (χ2n) is 4.25. The van der Waals surface area contributed by atoms with Crippen molar-refractivity contribution >= 4 is 41.9 Å². The third kappa shape index (κ3) is 2.79. The van der Waals surface area contributed by atoms with Crippen LogP contribution in [0.1, 0.15) is 6.42 Å². The lowest BCUT2D eigenvalue weighted by molar-refractivity contribution is 0.459. The molecular weight excluding hydrogens is 389 g/mol. The third-order valence-corrected chi connectivity index (χ3v) is 6.29. The first kappa shape index (κ1) is 14.4. The summed E-state index contributed by atoms with van der Waals surface area (Å²) in [5, 5.41) is 0.766. The quantitative estimate of drug-likeness (QED) is 0.731. The number of benzene rings is 1. The van der Waals surface area contributed by atoms with E-state index in [1.807, 2.05) is 0 Å². The maximum Gasteiger partial charge on any atom is 0.245 e. The Morgan fingerprint density at radius 1 is 1.44 bits per heavy atom. The van der Waals surface area contributed by atoms with Crippen LogP contribution in [-0.2, 0) is 10.0 Å². The molecule has 0 N–H and O–H groups in total. The van der Waals surface area contributed by atoms with E-state index in [2.05, 4.69) is 31.9 Å². The molecule has 0 saturated carbocycles. The maximum atomic E-state index is 13.7. The van der Waals surface area contributed by atoms with E-state index in [-0.39, 0.29) is 4.90 Å². The van der Waals surface area contributed by atoms with Crippen molar-refractivity contribution in [2.24, 2.45) is 5.92 Å². The molecule has 0 bridgehead atoms. The largest absolute Gasteiger partial charge is 0.245 e. The van der Waals surface area contributed by atoms with E-state index in [9.17, 15) is 12.8 Å². The van der Waals surface area contributed by atoms with Crippen molar-refractivity contribution in [3.63, 3.8) is 0 Å². The van der Waals surface area contributed by atoms with Gasteiger partial charge in [-0.2, -0.15) is 4.31 Å². The molecule has 3 nitrogen and oxygen atoms in total. The van der Waals surface area contributed by atoms with Gasteiger partial charge >= 0.3 is 0 Å². The number of halogens is 3. The van der Waals surface area contributed by atoms with Gasteiger partial charge < -0.3 is 0 Å². The molecule has 2 rings (SSSR count). The van der Waals surface area contributed by atoms with Crippen molar-refractivity contribution in [3.05, 3.63) is 28.5 Å². The highest BCUT2D eigenvalue weighted by Gasteiger charge is 2.33. The van der Waals surface area contributed by atoms with Gasteiger partial charge in [0.15, 0.2) is 0 Å². The van der Waals surface area contributed by atoms with Gasteiger partial charge in [-0.3, -0.25) is 0 Å². The van der Waals surface area contributed by atoms with Gasteiger partial charge in [0.05, 0.1) is 0 Å². The highest BCUT2D eigenvalue weighted by molar-refractivity contribution is 9.10. The molecule has 1 aromatic carbocycles. The van der Waals surface area contributed by atoms with Crippen molar-refractivity contribution in [2.75, 3.05) is 18.4 Å². The Balaban J connectivity index is 2.31. The molecule has 1 aliphatic rings. The third-order valence-electron chi connectivity index (χ3n) is 2.98. The Kier molecular flexibility index (Phi) is 4.46. The van der Waals surface area contributed by atoms with E-state index in [0.29, 0.717) is 23.5 Å². The molecule has 0 amide bonds. The van der Waals surface area contributed by atoms with Crippen molar-refractivity contribution in [1.82, 2.24) is 4.31 Å². The molecule has 1 aromatic rings. The minimum absolute atomic E-state index is 0.249. The first-order valence-corrected chi connectivity index (χ1v) is 8.82. The molecule has 1 aliphatic heterocycles. The number of hydrogen-bond acceptors (Lipinski definition) is 2. The summed E-state index contributed by atoms with van der Waals surface area (Å²) in [5.41, 5.74) is 0. The second-order valence-corrected chi connectivity index (χ2v) is 7.72. The van der Waals surface area contributed by atoms with Crippen molar-refractivity contribution < 1.29 is 12.8 Å². The van der Waals surface area contributed by atoms with Gasteiger partial charge in [0.1, 0.15) is 10.7 Å². The maximum absolute atomic E-state index is 13.7. The molecule has 0 spiro atoms. The lowest BCUT2D eigenvalue weighted by Gasteiger charge is -2.16. The molecule has 0 aromatic heterocycles. The van der Waals surface area contributed by atoms with Gasteiger partial charge in [0.2, 0.25) is 10.0 Å². The Bertz CT molecular complexity index is 550. The van der Waals surface area contributed by atoms with E-state index in [1.165, 1.54) is 22.5 Å². The molecule has 1 atom stereocenters. The van der Waals surface area contributed by atoms with E-state index in [1.54, 1.807) is 0 Å². The first-order chi connectivity index (χ1) is 8.45. The summed E-state index contributed by atoms with van der Waals surface area (Å²) in [5.74, 6) is -0.412. The fourth-order valence-electron chi connectivity index (χ4n) is 1.96. The van der Waals surface area contributed by atoms with Crippen LogP contribution in [0.3, 0.4) is 0 Å². The second kappa shape index (κ2) is 5.56. The number of nitrogens with zero attached hydrogens (tertiary/aromatic N) is 1. The fraction of sp³-hybridized carbons (Fsp3) is 0.455. The molecule has 1 saturated heterocycles. The Labute approximate surface area is 123 Å². The average Bonchev–Trinajstić information content (AvgIpc) is 2.77. The van der Waals surface area contributed by atoms with Crippen molar-refractivity contribution in [2.45, 2.75) is 11.3 Å². The average molecular weight is 401 g/mol. The van der Waals surface area contributed by atoms with Crippen LogP contribution in [0.5, 0.6) is 0 Å². The Morgan fingerprint density at radius 2 is 2.17 bits per heavy atom. The van der Waals surface area contributed by atoms with Gasteiger partial charge in [-0.05, 0) is 30.5 Å². The summed E-state index contributed by atoms with van der Waals surface area (Å²) in [6, 6.07) is 4.01. The van der Waals surface area contributed by atoms with Crippen LogP contribution in [0.2, 0.25) is 0 Å². The summed E-state index contributed by atoms with van der Waals surface area (Å²) in [6.07, 6.45) is 0.808. The summed E-state index contributed by atoms with van der Waals surface area (Å²) < 4.78 is 40.2. The molecular formula is C11H12Br2FNO2S. The van der Waals surface area contributed by atoms with Gasteiger partial charge in [-0.15, -0.1) is 0 Å². The minimum Gasteiger partial charge on any atom is -0.207 e. The van der Waals surface area contributed by atoms with Crippen LogP contribution in [-0.4, -0.2) is 31.1 Å². The zero-order valence-electron chi connectivity index (χ0n) is 9.44. The standard InChI is InChI=1S/C11H12Br2FNO2S/c12-6-8-3-4-15(7-8)18(16,17)11-2-1-9(13)5-10(11)14/h1-2,5,8H,3-4,6-7H2. The van der Waals surface area contributed by atoms with Crippen LogP contribution in [0.25, 0.3) is 0 Å². The lowest BCUT2D eigenvalue weighted by atomic mass is 10.2. The Hall–Kier alpha value is 0.0200. The van der Waals surface area contributed by atoms with E-state index >= 15 is 0 Å². The van der Waals surface area contributed by atoms with Crippen LogP contribution in [0.4, 0.5) is 4.39 Å². The zero-order chi connectivity index (χ0) is 13.3. The lowest BCUT2D eigenvalue weighted by Crippen LogP contribution is -2.29. The van der Waals surface area contributed by atoms with E-state index in [0.717, 1.165) is 11.8 Å². The predicted molar refractivity (Wildman–Crippen MR) is 74.8 cm³/mol. The number of sulfonamides is 1. The van der Waals surface area contributed by atoms with Crippen LogP contribution < -0.4 is 0 Å². The highest BCUT2D eigenvalue weighted by Crippen LogP contribution is 2.27. The molecule has 7 heteroatoms. The topological polar surface area (TPSA) is 37.4 Å². The SMILES string of the molecule is O=S(=O)(c1ccc(Br)cc1F)N1CCC(CBr)C1. The molecule has 0 radical (unpaired) electrons. The van der Waals surface area contributed by atoms with Gasteiger partial charge in [-0.25, -0.2) is 12.8 Å². The summed E-state index contributed by atoms with van der Waals surface area (Å²) in [4.78, 5) is -0.249. The molecule has 100 valence electrons. The fourth-order valence-corrected chi connectivity index (χ4v) is 4.40. The van der Waals surface area contributed by atoms with Crippen LogP contribution in [0, 0.1) is 11.7 Å². The van der Waals surface area contributed by atoms with E-state index < -0.39 is 15.8 Å².